The van der Waals surface area contributed by atoms with Gasteiger partial charge in [-0.25, -0.2) is 0 Å². The third-order valence-electron chi connectivity index (χ3n) is 4.89. The first-order valence-electron chi connectivity index (χ1n) is 7.72. The fourth-order valence-electron chi connectivity index (χ4n) is 3.75. The van der Waals surface area contributed by atoms with Crippen LogP contribution in [-0.2, 0) is 4.79 Å². The van der Waals surface area contributed by atoms with E-state index in [1.165, 1.54) is 25.7 Å². The Morgan fingerprint density at radius 1 is 1.21 bits per heavy atom. The van der Waals surface area contributed by atoms with E-state index in [0.29, 0.717) is 12.1 Å². The Hall–Kier alpha value is -0.610. The third-order valence-corrected chi connectivity index (χ3v) is 4.89. The molecule has 1 amide bonds. The van der Waals surface area contributed by atoms with Gasteiger partial charge in [-0.3, -0.25) is 9.69 Å². The van der Waals surface area contributed by atoms with Gasteiger partial charge in [0.1, 0.15) is 0 Å². The highest BCUT2D eigenvalue weighted by Crippen LogP contribution is 2.31. The minimum atomic E-state index is -0.331. The summed E-state index contributed by atoms with van der Waals surface area (Å²) in [6, 6.07) is 1.27. The Morgan fingerprint density at radius 3 is 2.42 bits per heavy atom. The molecule has 1 aliphatic heterocycles. The zero-order valence-corrected chi connectivity index (χ0v) is 12.9. The molecule has 0 aromatic heterocycles. The van der Waals surface area contributed by atoms with Crippen LogP contribution in [-0.4, -0.2) is 60.0 Å². The summed E-state index contributed by atoms with van der Waals surface area (Å²) < 4.78 is 0. The van der Waals surface area contributed by atoms with Crippen LogP contribution in [0.25, 0.3) is 0 Å². The van der Waals surface area contributed by atoms with E-state index in [1.54, 1.807) is 0 Å². The summed E-state index contributed by atoms with van der Waals surface area (Å²) >= 11 is 0. The molecule has 0 bridgehead atoms. The number of carbonyl (C=O) groups excluding carboxylic acids is 1. The molecule has 1 aliphatic carbocycles. The van der Waals surface area contributed by atoms with Crippen molar-refractivity contribution < 1.29 is 4.79 Å². The van der Waals surface area contributed by atoms with E-state index in [9.17, 15) is 4.79 Å². The number of hydrogen-bond donors (Lipinski definition) is 1. The maximum absolute atomic E-state index is 12.3. The predicted molar refractivity (Wildman–Crippen MR) is 78.1 cm³/mol. The Labute approximate surface area is 117 Å². The first kappa shape index (κ1) is 14.8. The van der Waals surface area contributed by atoms with Crippen LogP contribution in [0.4, 0.5) is 0 Å². The van der Waals surface area contributed by atoms with Crippen molar-refractivity contribution >= 4 is 5.91 Å². The van der Waals surface area contributed by atoms with E-state index in [1.807, 2.05) is 11.9 Å². The first-order valence-corrected chi connectivity index (χ1v) is 7.72. The normalized spacial score (nSPS) is 32.6. The second-order valence-electron chi connectivity index (χ2n) is 6.54. The summed E-state index contributed by atoms with van der Waals surface area (Å²) in [6.45, 7) is 9.30. The third kappa shape index (κ3) is 2.95. The molecule has 1 saturated carbocycles. The lowest BCUT2D eigenvalue weighted by molar-refractivity contribution is -0.150. The van der Waals surface area contributed by atoms with E-state index in [2.05, 4.69) is 31.0 Å². The molecular formula is C15H29N3O. The van der Waals surface area contributed by atoms with Gasteiger partial charge in [-0.1, -0.05) is 6.92 Å². The van der Waals surface area contributed by atoms with E-state index in [0.717, 1.165) is 19.6 Å². The fraction of sp³-hybridized carbons (Fsp3) is 0.933. The molecule has 1 heterocycles. The maximum Gasteiger partial charge on any atom is 0.242 e. The Balaban J connectivity index is 1.97. The topological polar surface area (TPSA) is 35.6 Å². The monoisotopic (exact) mass is 267 g/mol. The van der Waals surface area contributed by atoms with Crippen LogP contribution in [0.5, 0.6) is 0 Å². The molecular weight excluding hydrogens is 238 g/mol. The van der Waals surface area contributed by atoms with E-state index < -0.39 is 0 Å². The van der Waals surface area contributed by atoms with E-state index in [4.69, 9.17) is 0 Å². The zero-order chi connectivity index (χ0) is 14.0. The van der Waals surface area contributed by atoms with Gasteiger partial charge in [0.05, 0.1) is 5.54 Å². The molecule has 0 spiro atoms. The van der Waals surface area contributed by atoms with Crippen LogP contribution < -0.4 is 5.32 Å². The number of amides is 1. The van der Waals surface area contributed by atoms with Gasteiger partial charge in [-0.2, -0.15) is 0 Å². The van der Waals surface area contributed by atoms with Crippen LogP contribution >= 0.6 is 0 Å². The van der Waals surface area contributed by atoms with Gasteiger partial charge in [0, 0.05) is 32.2 Å². The van der Waals surface area contributed by atoms with E-state index in [-0.39, 0.29) is 11.4 Å². The van der Waals surface area contributed by atoms with Gasteiger partial charge in [-0.05, 0) is 46.1 Å². The Bertz CT molecular complexity index is 321. The number of nitrogens with zero attached hydrogens (tertiary/aromatic N) is 2. The summed E-state index contributed by atoms with van der Waals surface area (Å²) in [5.74, 6) is 0.271. The van der Waals surface area contributed by atoms with Crippen molar-refractivity contribution in [2.75, 3.05) is 26.7 Å². The summed E-state index contributed by atoms with van der Waals surface area (Å²) in [4.78, 5) is 16.7. The van der Waals surface area contributed by atoms with Crippen molar-refractivity contribution in [3.05, 3.63) is 0 Å². The second-order valence-corrected chi connectivity index (χ2v) is 6.54. The van der Waals surface area contributed by atoms with Crippen molar-refractivity contribution in [2.24, 2.45) is 0 Å². The average Bonchev–Trinajstić information content (AvgIpc) is 2.38. The smallest absolute Gasteiger partial charge is 0.242 e. The minimum absolute atomic E-state index is 0.271. The molecule has 0 aromatic rings. The molecule has 2 aliphatic rings. The van der Waals surface area contributed by atoms with Crippen molar-refractivity contribution in [1.82, 2.24) is 15.1 Å². The van der Waals surface area contributed by atoms with Gasteiger partial charge in [0.25, 0.3) is 0 Å². The molecule has 4 heteroatoms. The minimum Gasteiger partial charge on any atom is -0.343 e. The second kappa shape index (κ2) is 5.80. The van der Waals surface area contributed by atoms with Crippen LogP contribution in [0, 0.1) is 0 Å². The van der Waals surface area contributed by atoms with Crippen molar-refractivity contribution in [1.29, 1.82) is 0 Å². The van der Waals surface area contributed by atoms with Crippen molar-refractivity contribution in [2.45, 2.75) is 64.1 Å². The highest BCUT2D eigenvalue weighted by molar-refractivity contribution is 5.86. The summed E-state index contributed by atoms with van der Waals surface area (Å²) in [6.07, 6.45) is 4.93. The van der Waals surface area contributed by atoms with Crippen LogP contribution in [0.15, 0.2) is 0 Å². The van der Waals surface area contributed by atoms with Crippen LogP contribution in [0.1, 0.15) is 46.5 Å². The molecule has 0 unspecified atom stereocenters. The quantitative estimate of drug-likeness (QED) is 0.841. The SMILES string of the molecule is CCNC1CCC(N2CCN(C)C(=O)C2(C)C)CC1. The summed E-state index contributed by atoms with van der Waals surface area (Å²) in [7, 11) is 1.92. The highest BCUT2D eigenvalue weighted by atomic mass is 16.2. The summed E-state index contributed by atoms with van der Waals surface area (Å²) in [5.41, 5.74) is -0.331. The molecule has 2 rings (SSSR count). The molecule has 1 saturated heterocycles. The van der Waals surface area contributed by atoms with Crippen molar-refractivity contribution in [3.63, 3.8) is 0 Å². The Kier molecular flexibility index (Phi) is 4.51. The lowest BCUT2D eigenvalue weighted by Gasteiger charge is -2.50. The molecule has 1 N–H and O–H groups in total. The van der Waals surface area contributed by atoms with Gasteiger partial charge in [-0.15, -0.1) is 0 Å². The van der Waals surface area contributed by atoms with Crippen molar-refractivity contribution in [3.8, 4) is 0 Å². The first-order chi connectivity index (χ1) is 8.96. The number of hydrogen-bond acceptors (Lipinski definition) is 3. The number of carbonyl (C=O) groups is 1. The van der Waals surface area contributed by atoms with Crippen LogP contribution in [0.3, 0.4) is 0 Å². The molecule has 19 heavy (non-hydrogen) atoms. The highest BCUT2D eigenvalue weighted by Gasteiger charge is 2.44. The molecule has 4 nitrogen and oxygen atoms in total. The zero-order valence-electron chi connectivity index (χ0n) is 12.9. The number of nitrogens with one attached hydrogen (secondary N) is 1. The number of piperazine rings is 1. The van der Waals surface area contributed by atoms with Gasteiger partial charge in [0.15, 0.2) is 0 Å². The largest absolute Gasteiger partial charge is 0.343 e. The lowest BCUT2D eigenvalue weighted by Crippen LogP contribution is -2.65. The molecule has 0 atom stereocenters. The van der Waals surface area contributed by atoms with Gasteiger partial charge >= 0.3 is 0 Å². The predicted octanol–water partition coefficient (Wildman–Crippen LogP) is 1.46. The number of rotatable bonds is 3. The van der Waals surface area contributed by atoms with E-state index >= 15 is 0 Å². The molecule has 0 aromatic carbocycles. The summed E-state index contributed by atoms with van der Waals surface area (Å²) in [5, 5.41) is 3.55. The molecule has 110 valence electrons. The lowest BCUT2D eigenvalue weighted by atomic mass is 9.86. The fourth-order valence-corrected chi connectivity index (χ4v) is 3.75. The Morgan fingerprint density at radius 2 is 1.84 bits per heavy atom. The molecule has 2 fully saturated rings. The average molecular weight is 267 g/mol. The maximum atomic E-state index is 12.3. The van der Waals surface area contributed by atoms with Gasteiger partial charge < -0.3 is 10.2 Å². The molecule has 0 radical (unpaired) electrons. The number of likely N-dealkylation sites (N-methyl/N-ethyl adjacent to an activating group) is 1. The van der Waals surface area contributed by atoms with Gasteiger partial charge in [0.2, 0.25) is 5.91 Å². The standard InChI is InChI=1S/C15H29N3O/c1-5-16-12-6-8-13(9-7-12)18-11-10-17(4)14(19)15(18,2)3/h12-13,16H,5-11H2,1-4H3. The van der Waals surface area contributed by atoms with Crippen LogP contribution in [0.2, 0.25) is 0 Å².